The molecule has 1 aromatic rings. The molecule has 4 heteroatoms. The van der Waals surface area contributed by atoms with Crippen LogP contribution in [0.1, 0.15) is 51.8 Å². The van der Waals surface area contributed by atoms with E-state index in [0.717, 1.165) is 31.0 Å². The Kier molecular flexibility index (Phi) is 4.04. The first-order chi connectivity index (χ1) is 8.67. The van der Waals surface area contributed by atoms with E-state index in [2.05, 4.69) is 29.1 Å². The molecule has 0 aromatic carbocycles. The molecule has 0 saturated heterocycles. The lowest BCUT2D eigenvalue weighted by atomic mass is 10.0. The van der Waals surface area contributed by atoms with E-state index < -0.39 is 0 Å². The van der Waals surface area contributed by atoms with Crippen molar-refractivity contribution in [2.75, 3.05) is 17.6 Å². The molecule has 0 radical (unpaired) electrons. The number of hydrogen-bond acceptors (Lipinski definition) is 4. The fourth-order valence-corrected chi connectivity index (χ4v) is 2.44. The minimum absolute atomic E-state index is 0.527. The van der Waals surface area contributed by atoms with Crippen LogP contribution in [0.5, 0.6) is 0 Å². The maximum Gasteiger partial charge on any atom is 0.133 e. The molecule has 1 aromatic heterocycles. The Labute approximate surface area is 109 Å². The Morgan fingerprint density at radius 1 is 1.28 bits per heavy atom. The molecule has 0 amide bonds. The number of aryl methyl sites for hydroxylation is 1. The molecule has 1 aliphatic rings. The first-order valence-electron chi connectivity index (χ1n) is 7.05. The van der Waals surface area contributed by atoms with Gasteiger partial charge in [-0.15, -0.1) is 0 Å². The number of aromatic nitrogens is 2. The van der Waals surface area contributed by atoms with Crippen molar-refractivity contribution >= 4 is 11.6 Å². The lowest BCUT2D eigenvalue weighted by molar-refractivity contribution is 0.485. The Bertz CT molecular complexity index is 399. The molecular weight excluding hydrogens is 224 g/mol. The molecule has 1 aliphatic carbocycles. The third-order valence-electron chi connectivity index (χ3n) is 3.65. The lowest BCUT2D eigenvalue weighted by Gasteiger charge is -2.15. The summed E-state index contributed by atoms with van der Waals surface area (Å²) >= 11 is 0. The maximum absolute atomic E-state index is 5.81. The number of anilines is 2. The van der Waals surface area contributed by atoms with Gasteiger partial charge in [0, 0.05) is 19.0 Å². The van der Waals surface area contributed by atoms with E-state index >= 15 is 0 Å². The number of nitrogen functional groups attached to an aromatic ring is 1. The quantitative estimate of drug-likeness (QED) is 0.778. The fourth-order valence-electron chi connectivity index (χ4n) is 2.44. The minimum Gasteiger partial charge on any atom is -0.384 e. The molecule has 4 nitrogen and oxygen atoms in total. The summed E-state index contributed by atoms with van der Waals surface area (Å²) in [5.41, 5.74) is 6.34. The van der Waals surface area contributed by atoms with Gasteiger partial charge in [-0.05, 0) is 31.1 Å². The van der Waals surface area contributed by atoms with Crippen LogP contribution in [-0.2, 0) is 6.42 Å². The van der Waals surface area contributed by atoms with Crippen molar-refractivity contribution in [1.82, 2.24) is 9.97 Å². The molecule has 0 bridgehead atoms. The van der Waals surface area contributed by atoms with E-state index in [4.69, 9.17) is 5.73 Å². The molecular formula is C14H24N4. The van der Waals surface area contributed by atoms with Gasteiger partial charge in [-0.2, -0.15) is 0 Å². The van der Waals surface area contributed by atoms with Gasteiger partial charge in [0.15, 0.2) is 0 Å². The van der Waals surface area contributed by atoms with Crippen molar-refractivity contribution in [3.05, 3.63) is 11.9 Å². The van der Waals surface area contributed by atoms with Crippen LogP contribution in [0.25, 0.3) is 0 Å². The third-order valence-corrected chi connectivity index (χ3v) is 3.65. The monoisotopic (exact) mass is 248 g/mol. The van der Waals surface area contributed by atoms with Crippen molar-refractivity contribution in [1.29, 1.82) is 0 Å². The first-order valence-corrected chi connectivity index (χ1v) is 7.05. The minimum atomic E-state index is 0.527. The summed E-state index contributed by atoms with van der Waals surface area (Å²) in [5, 5.41) is 3.44. The molecule has 0 atom stereocenters. The normalized spacial score (nSPS) is 16.6. The largest absolute Gasteiger partial charge is 0.384 e. The SMILES string of the molecule is CCCc1nc(N)cc(NCC2(CCC)CC2)n1. The summed E-state index contributed by atoms with van der Waals surface area (Å²) in [6, 6.07) is 1.83. The van der Waals surface area contributed by atoms with E-state index in [-0.39, 0.29) is 0 Å². The zero-order chi connectivity index (χ0) is 13.0. The predicted molar refractivity (Wildman–Crippen MR) is 75.5 cm³/mol. The van der Waals surface area contributed by atoms with Gasteiger partial charge in [-0.1, -0.05) is 20.3 Å². The highest BCUT2D eigenvalue weighted by atomic mass is 15.1. The van der Waals surface area contributed by atoms with Crippen LogP contribution in [0.15, 0.2) is 6.07 Å². The fraction of sp³-hybridized carbons (Fsp3) is 0.714. The number of hydrogen-bond donors (Lipinski definition) is 2. The van der Waals surface area contributed by atoms with Gasteiger partial charge < -0.3 is 11.1 Å². The van der Waals surface area contributed by atoms with Gasteiger partial charge in [0.2, 0.25) is 0 Å². The summed E-state index contributed by atoms with van der Waals surface area (Å²) in [6.07, 6.45) is 7.19. The summed E-state index contributed by atoms with van der Waals surface area (Å²) < 4.78 is 0. The van der Waals surface area contributed by atoms with Crippen LogP contribution in [0.3, 0.4) is 0 Å². The van der Waals surface area contributed by atoms with E-state index in [0.29, 0.717) is 11.2 Å². The molecule has 1 heterocycles. The van der Waals surface area contributed by atoms with Gasteiger partial charge >= 0.3 is 0 Å². The highest BCUT2D eigenvalue weighted by molar-refractivity contribution is 5.45. The highest BCUT2D eigenvalue weighted by Gasteiger charge is 2.41. The summed E-state index contributed by atoms with van der Waals surface area (Å²) in [4.78, 5) is 8.76. The van der Waals surface area contributed by atoms with Crippen LogP contribution in [-0.4, -0.2) is 16.5 Å². The summed E-state index contributed by atoms with van der Waals surface area (Å²) in [7, 11) is 0. The van der Waals surface area contributed by atoms with Crippen LogP contribution >= 0.6 is 0 Å². The summed E-state index contributed by atoms with van der Waals surface area (Å²) in [5.74, 6) is 2.30. The zero-order valence-electron chi connectivity index (χ0n) is 11.5. The molecule has 3 N–H and O–H groups in total. The van der Waals surface area contributed by atoms with E-state index in [9.17, 15) is 0 Å². The molecule has 1 fully saturated rings. The van der Waals surface area contributed by atoms with E-state index in [1.807, 2.05) is 6.07 Å². The van der Waals surface area contributed by atoms with E-state index in [1.54, 1.807) is 0 Å². The van der Waals surface area contributed by atoms with Crippen molar-refractivity contribution in [2.45, 2.75) is 52.4 Å². The van der Waals surface area contributed by atoms with Gasteiger partial charge in [0.05, 0.1) is 0 Å². The van der Waals surface area contributed by atoms with Crippen molar-refractivity contribution < 1.29 is 0 Å². The van der Waals surface area contributed by atoms with Gasteiger partial charge in [0.25, 0.3) is 0 Å². The molecule has 0 aliphatic heterocycles. The molecule has 18 heavy (non-hydrogen) atoms. The third kappa shape index (κ3) is 3.34. The standard InChI is InChI=1S/C14H24N4/c1-3-5-12-17-11(15)9-13(18-12)16-10-14(6-4-2)7-8-14/h9H,3-8,10H2,1-2H3,(H3,15,16,17,18). The molecule has 0 spiro atoms. The van der Waals surface area contributed by atoms with Crippen LogP contribution < -0.4 is 11.1 Å². The van der Waals surface area contributed by atoms with Gasteiger partial charge in [0.1, 0.15) is 17.5 Å². The van der Waals surface area contributed by atoms with Crippen LogP contribution in [0.4, 0.5) is 11.6 Å². The number of nitrogens with zero attached hydrogens (tertiary/aromatic N) is 2. The molecule has 1 saturated carbocycles. The van der Waals surface area contributed by atoms with Crippen molar-refractivity contribution in [3.63, 3.8) is 0 Å². The number of rotatable bonds is 7. The Balaban J connectivity index is 1.96. The molecule has 2 rings (SSSR count). The lowest BCUT2D eigenvalue weighted by Crippen LogP contribution is -2.16. The smallest absolute Gasteiger partial charge is 0.133 e. The second-order valence-corrected chi connectivity index (χ2v) is 5.45. The Morgan fingerprint density at radius 3 is 2.67 bits per heavy atom. The topological polar surface area (TPSA) is 63.8 Å². The zero-order valence-corrected chi connectivity index (χ0v) is 11.5. The van der Waals surface area contributed by atoms with Crippen LogP contribution in [0.2, 0.25) is 0 Å². The second kappa shape index (κ2) is 5.55. The maximum atomic E-state index is 5.81. The Hall–Kier alpha value is -1.32. The van der Waals surface area contributed by atoms with Gasteiger partial charge in [-0.25, -0.2) is 9.97 Å². The first kappa shape index (κ1) is 13.1. The van der Waals surface area contributed by atoms with Crippen molar-refractivity contribution in [3.8, 4) is 0 Å². The van der Waals surface area contributed by atoms with Crippen LogP contribution in [0, 0.1) is 5.41 Å². The van der Waals surface area contributed by atoms with Gasteiger partial charge in [-0.3, -0.25) is 0 Å². The molecule has 100 valence electrons. The summed E-state index contributed by atoms with van der Waals surface area (Å²) in [6.45, 7) is 5.39. The van der Waals surface area contributed by atoms with Crippen molar-refractivity contribution in [2.24, 2.45) is 5.41 Å². The van der Waals surface area contributed by atoms with E-state index in [1.165, 1.54) is 25.7 Å². The number of nitrogens with two attached hydrogens (primary N) is 1. The second-order valence-electron chi connectivity index (χ2n) is 5.45. The highest BCUT2D eigenvalue weighted by Crippen LogP contribution is 2.49. The average Bonchev–Trinajstić information content (AvgIpc) is 3.07. The predicted octanol–water partition coefficient (Wildman–Crippen LogP) is 3.00. The molecule has 0 unspecified atom stereocenters. The average molecular weight is 248 g/mol. The Morgan fingerprint density at radius 2 is 2.06 bits per heavy atom. The number of nitrogens with one attached hydrogen (secondary N) is 1.